The van der Waals surface area contributed by atoms with Crippen molar-refractivity contribution in [1.29, 1.82) is 0 Å². The van der Waals surface area contributed by atoms with E-state index in [1.807, 2.05) is 0 Å². The molecule has 1 aromatic carbocycles. The third-order valence-corrected chi connectivity index (χ3v) is 2.76. The minimum Gasteiger partial charge on any atom is -0.497 e. The van der Waals surface area contributed by atoms with Crippen LogP contribution >= 0.6 is 11.6 Å². The van der Waals surface area contributed by atoms with E-state index in [1.54, 1.807) is 25.3 Å². The summed E-state index contributed by atoms with van der Waals surface area (Å²) in [7, 11) is 1.56. The second-order valence-corrected chi connectivity index (χ2v) is 3.98. The van der Waals surface area contributed by atoms with E-state index in [9.17, 15) is 5.11 Å². The van der Waals surface area contributed by atoms with Crippen molar-refractivity contribution in [3.8, 4) is 5.75 Å². The highest BCUT2D eigenvalue weighted by molar-refractivity contribution is 6.31. The van der Waals surface area contributed by atoms with Crippen molar-refractivity contribution in [2.45, 2.75) is 18.6 Å². The molecule has 0 amide bonds. The molecule has 0 saturated heterocycles. The first-order valence-electron chi connectivity index (χ1n) is 5.07. The standard InChI is InChI=1S/C11H17ClN2O2/c1-16-7-2-3-8(9(12)6-7)11(15)10(14)4-5-13/h2-3,6,10-11,15H,4-5,13-14H2,1H3. The molecule has 5 N–H and O–H groups in total. The third kappa shape index (κ3) is 3.09. The molecule has 0 bridgehead atoms. The molecule has 0 spiro atoms. The zero-order valence-corrected chi connectivity index (χ0v) is 9.95. The van der Waals surface area contributed by atoms with Crippen LogP contribution in [0, 0.1) is 0 Å². The minimum atomic E-state index is -0.804. The van der Waals surface area contributed by atoms with Crippen molar-refractivity contribution >= 4 is 11.6 Å². The Labute approximate surface area is 100 Å². The number of benzene rings is 1. The van der Waals surface area contributed by atoms with Gasteiger partial charge in [-0.2, -0.15) is 0 Å². The fourth-order valence-corrected chi connectivity index (χ4v) is 1.74. The van der Waals surface area contributed by atoms with E-state index in [2.05, 4.69) is 0 Å². The van der Waals surface area contributed by atoms with Crippen LogP contribution < -0.4 is 16.2 Å². The van der Waals surface area contributed by atoms with E-state index in [4.69, 9.17) is 27.8 Å². The summed E-state index contributed by atoms with van der Waals surface area (Å²) in [5, 5.41) is 10.4. The zero-order valence-electron chi connectivity index (χ0n) is 9.19. The van der Waals surface area contributed by atoms with Gasteiger partial charge < -0.3 is 21.3 Å². The molecule has 0 saturated carbocycles. The highest BCUT2D eigenvalue weighted by Crippen LogP contribution is 2.29. The first-order valence-corrected chi connectivity index (χ1v) is 5.45. The minimum absolute atomic E-state index is 0.407. The van der Waals surface area contributed by atoms with Gasteiger partial charge in [0.15, 0.2) is 0 Å². The topological polar surface area (TPSA) is 81.5 Å². The Bertz CT molecular complexity index is 347. The van der Waals surface area contributed by atoms with E-state index in [-0.39, 0.29) is 0 Å². The van der Waals surface area contributed by atoms with Gasteiger partial charge in [-0.1, -0.05) is 17.7 Å². The zero-order chi connectivity index (χ0) is 12.1. The maximum Gasteiger partial charge on any atom is 0.120 e. The van der Waals surface area contributed by atoms with Gasteiger partial charge in [0.1, 0.15) is 5.75 Å². The fraction of sp³-hybridized carbons (Fsp3) is 0.455. The van der Waals surface area contributed by atoms with Gasteiger partial charge in [0, 0.05) is 11.6 Å². The molecule has 0 fully saturated rings. The number of aliphatic hydroxyl groups is 1. The van der Waals surface area contributed by atoms with Gasteiger partial charge >= 0.3 is 0 Å². The van der Waals surface area contributed by atoms with Crippen molar-refractivity contribution < 1.29 is 9.84 Å². The average Bonchev–Trinajstić information content (AvgIpc) is 2.28. The molecular weight excluding hydrogens is 228 g/mol. The third-order valence-electron chi connectivity index (χ3n) is 2.43. The molecule has 5 heteroatoms. The number of aliphatic hydroxyl groups excluding tert-OH is 1. The number of hydrogen-bond donors (Lipinski definition) is 3. The van der Waals surface area contributed by atoms with Gasteiger partial charge in [0.05, 0.1) is 18.2 Å². The smallest absolute Gasteiger partial charge is 0.120 e. The van der Waals surface area contributed by atoms with Gasteiger partial charge in [-0.25, -0.2) is 0 Å². The Kier molecular flexibility index (Phi) is 5.02. The lowest BCUT2D eigenvalue weighted by atomic mass is 10.0. The van der Waals surface area contributed by atoms with Gasteiger partial charge in [0.2, 0.25) is 0 Å². The van der Waals surface area contributed by atoms with Crippen molar-refractivity contribution in [3.63, 3.8) is 0 Å². The van der Waals surface area contributed by atoms with E-state index < -0.39 is 12.1 Å². The molecule has 2 atom stereocenters. The van der Waals surface area contributed by atoms with Crippen LogP contribution in [0.1, 0.15) is 18.1 Å². The molecule has 4 nitrogen and oxygen atoms in total. The Morgan fingerprint density at radius 2 is 2.19 bits per heavy atom. The van der Waals surface area contributed by atoms with Crippen LogP contribution in [0.15, 0.2) is 18.2 Å². The van der Waals surface area contributed by atoms with E-state index in [0.717, 1.165) is 0 Å². The van der Waals surface area contributed by atoms with Crippen LogP contribution in [0.3, 0.4) is 0 Å². The van der Waals surface area contributed by atoms with Crippen LogP contribution in [0.2, 0.25) is 5.02 Å². The molecule has 1 rings (SSSR count). The lowest BCUT2D eigenvalue weighted by molar-refractivity contribution is 0.143. The van der Waals surface area contributed by atoms with Crippen LogP contribution in [-0.4, -0.2) is 24.8 Å². The molecule has 1 aromatic rings. The van der Waals surface area contributed by atoms with E-state index in [0.29, 0.717) is 29.3 Å². The van der Waals surface area contributed by atoms with E-state index in [1.165, 1.54) is 0 Å². The number of methoxy groups -OCH3 is 1. The van der Waals surface area contributed by atoms with Crippen molar-refractivity contribution in [3.05, 3.63) is 28.8 Å². The molecule has 90 valence electrons. The SMILES string of the molecule is COc1ccc(C(O)C(N)CCN)c(Cl)c1. The van der Waals surface area contributed by atoms with Crippen LogP contribution in [0.25, 0.3) is 0 Å². The Morgan fingerprint density at radius 3 is 2.69 bits per heavy atom. The van der Waals surface area contributed by atoms with Crippen LogP contribution in [0.5, 0.6) is 5.75 Å². The number of halogens is 1. The largest absolute Gasteiger partial charge is 0.497 e. The summed E-state index contributed by atoms with van der Waals surface area (Å²) < 4.78 is 5.02. The second kappa shape index (κ2) is 6.06. The van der Waals surface area contributed by atoms with Crippen LogP contribution in [0.4, 0.5) is 0 Å². The number of ether oxygens (including phenoxy) is 1. The highest BCUT2D eigenvalue weighted by atomic mass is 35.5. The Hall–Kier alpha value is -0.810. The first-order chi connectivity index (χ1) is 7.60. The summed E-state index contributed by atoms with van der Waals surface area (Å²) in [6, 6.07) is 4.69. The molecule has 0 heterocycles. The van der Waals surface area contributed by atoms with Gasteiger partial charge in [-0.05, 0) is 25.1 Å². The second-order valence-electron chi connectivity index (χ2n) is 3.57. The average molecular weight is 245 g/mol. The fourth-order valence-electron chi connectivity index (χ4n) is 1.46. The molecule has 0 radical (unpaired) electrons. The van der Waals surface area contributed by atoms with E-state index >= 15 is 0 Å². The molecule has 2 unspecified atom stereocenters. The maximum absolute atomic E-state index is 9.96. The summed E-state index contributed by atoms with van der Waals surface area (Å²) in [5.74, 6) is 0.647. The Balaban J connectivity index is 2.87. The summed E-state index contributed by atoms with van der Waals surface area (Å²) in [5.41, 5.74) is 11.8. The summed E-state index contributed by atoms with van der Waals surface area (Å²) >= 11 is 6.02. The summed E-state index contributed by atoms with van der Waals surface area (Å²) in [6.45, 7) is 0.437. The van der Waals surface area contributed by atoms with Gasteiger partial charge in [0.25, 0.3) is 0 Å². The molecule has 0 aliphatic heterocycles. The number of rotatable bonds is 5. The summed E-state index contributed by atoms with van der Waals surface area (Å²) in [4.78, 5) is 0. The summed E-state index contributed by atoms with van der Waals surface area (Å²) in [6.07, 6.45) is -0.259. The lowest BCUT2D eigenvalue weighted by Crippen LogP contribution is -2.30. The monoisotopic (exact) mass is 244 g/mol. The molecule has 0 aromatic heterocycles. The van der Waals surface area contributed by atoms with Crippen molar-refractivity contribution in [2.75, 3.05) is 13.7 Å². The molecular formula is C11H17ClN2O2. The lowest BCUT2D eigenvalue weighted by Gasteiger charge is -2.19. The van der Waals surface area contributed by atoms with Crippen LogP contribution in [-0.2, 0) is 0 Å². The maximum atomic E-state index is 9.96. The highest BCUT2D eigenvalue weighted by Gasteiger charge is 2.19. The quantitative estimate of drug-likeness (QED) is 0.723. The van der Waals surface area contributed by atoms with Gasteiger partial charge in [-0.3, -0.25) is 0 Å². The first kappa shape index (κ1) is 13.3. The molecule has 0 aliphatic rings. The van der Waals surface area contributed by atoms with Crippen molar-refractivity contribution in [2.24, 2.45) is 11.5 Å². The molecule has 16 heavy (non-hydrogen) atoms. The predicted molar refractivity (Wildman–Crippen MR) is 64.6 cm³/mol. The normalized spacial score (nSPS) is 14.6. The van der Waals surface area contributed by atoms with Gasteiger partial charge in [-0.15, -0.1) is 0 Å². The Morgan fingerprint density at radius 1 is 1.50 bits per heavy atom. The number of nitrogens with two attached hydrogens (primary N) is 2. The predicted octanol–water partition coefficient (Wildman–Crippen LogP) is 1.06. The number of hydrogen-bond acceptors (Lipinski definition) is 4. The van der Waals surface area contributed by atoms with Crippen molar-refractivity contribution in [1.82, 2.24) is 0 Å². The molecule has 0 aliphatic carbocycles.